The molecule has 0 bridgehead atoms. The number of aromatic nitrogens is 5. The van der Waals surface area contributed by atoms with Crippen LogP contribution in [-0.4, -0.2) is 25.0 Å². The molecule has 0 unspecified atom stereocenters. The van der Waals surface area contributed by atoms with Gasteiger partial charge in [-0.1, -0.05) is 0 Å². The quantitative estimate of drug-likeness (QED) is 0.610. The molecule has 0 aliphatic carbocycles. The van der Waals surface area contributed by atoms with Crippen LogP contribution in [-0.2, 0) is 7.05 Å². The average molecular weight is 164 g/mol. The molecule has 0 aliphatic heterocycles. The lowest BCUT2D eigenvalue weighted by molar-refractivity contribution is 0.769. The Balaban J connectivity index is 2.43. The molecule has 3 N–H and O–H groups in total. The number of hydrogen-bond acceptors (Lipinski definition) is 4. The lowest BCUT2D eigenvalue weighted by atomic mass is 10.4. The van der Waals surface area contributed by atoms with Gasteiger partial charge in [0.1, 0.15) is 5.69 Å². The molecular weight excluding hydrogens is 156 g/mol. The van der Waals surface area contributed by atoms with Crippen molar-refractivity contribution in [3.05, 3.63) is 12.3 Å². The van der Waals surface area contributed by atoms with Crippen molar-refractivity contribution in [2.75, 3.05) is 5.73 Å². The van der Waals surface area contributed by atoms with Gasteiger partial charge >= 0.3 is 0 Å². The molecule has 2 aromatic rings. The Bertz CT molecular complexity index is 348. The second kappa shape index (κ2) is 2.33. The van der Waals surface area contributed by atoms with Crippen molar-refractivity contribution in [3.63, 3.8) is 0 Å². The van der Waals surface area contributed by atoms with Crippen molar-refractivity contribution in [3.8, 4) is 11.5 Å². The zero-order valence-corrected chi connectivity index (χ0v) is 6.52. The summed E-state index contributed by atoms with van der Waals surface area (Å²) in [5, 5.41) is 10.5. The van der Waals surface area contributed by atoms with Gasteiger partial charge in [-0.2, -0.15) is 10.1 Å². The number of rotatable bonds is 1. The normalized spacial score (nSPS) is 10.4. The summed E-state index contributed by atoms with van der Waals surface area (Å²) in [5.41, 5.74) is 6.07. The van der Waals surface area contributed by atoms with Crippen molar-refractivity contribution >= 4 is 5.95 Å². The average Bonchev–Trinajstić information content (AvgIpc) is 2.58. The third-order valence-corrected chi connectivity index (χ3v) is 1.46. The third kappa shape index (κ3) is 1.03. The van der Waals surface area contributed by atoms with Crippen molar-refractivity contribution in [1.82, 2.24) is 25.0 Å². The Morgan fingerprint density at radius 1 is 1.58 bits per heavy atom. The Morgan fingerprint density at radius 2 is 2.42 bits per heavy atom. The van der Waals surface area contributed by atoms with Gasteiger partial charge in [0.15, 0.2) is 5.82 Å². The van der Waals surface area contributed by atoms with E-state index in [-0.39, 0.29) is 5.95 Å². The molecule has 2 heterocycles. The highest BCUT2D eigenvalue weighted by atomic mass is 15.3. The van der Waals surface area contributed by atoms with Crippen molar-refractivity contribution in [2.45, 2.75) is 0 Å². The first-order chi connectivity index (χ1) is 5.75. The first kappa shape index (κ1) is 6.84. The summed E-state index contributed by atoms with van der Waals surface area (Å²) in [6.07, 6.45) is 1.83. The van der Waals surface area contributed by atoms with Crippen LogP contribution in [0.15, 0.2) is 12.3 Å². The van der Waals surface area contributed by atoms with E-state index in [2.05, 4.69) is 20.3 Å². The highest BCUT2D eigenvalue weighted by Gasteiger charge is 2.04. The minimum absolute atomic E-state index is 0.232. The van der Waals surface area contributed by atoms with E-state index in [1.165, 1.54) is 0 Å². The molecule has 2 aromatic heterocycles. The molecule has 0 radical (unpaired) electrons. The van der Waals surface area contributed by atoms with E-state index in [0.29, 0.717) is 5.82 Å². The van der Waals surface area contributed by atoms with Gasteiger partial charge in [-0.05, 0) is 6.07 Å². The number of nitrogens with zero attached hydrogens (tertiary/aromatic N) is 4. The zero-order chi connectivity index (χ0) is 8.55. The summed E-state index contributed by atoms with van der Waals surface area (Å²) in [6, 6.07) is 1.83. The van der Waals surface area contributed by atoms with Crippen molar-refractivity contribution in [2.24, 2.45) is 7.05 Å². The Morgan fingerprint density at radius 3 is 2.92 bits per heavy atom. The van der Waals surface area contributed by atoms with E-state index < -0.39 is 0 Å². The number of aromatic amines is 1. The first-order valence-corrected chi connectivity index (χ1v) is 3.43. The fraction of sp³-hybridized carbons (Fsp3) is 0.167. The summed E-state index contributed by atoms with van der Waals surface area (Å²) in [7, 11) is 1.84. The molecule has 0 fully saturated rings. The van der Waals surface area contributed by atoms with E-state index in [0.717, 1.165) is 5.69 Å². The van der Waals surface area contributed by atoms with E-state index in [9.17, 15) is 0 Å². The van der Waals surface area contributed by atoms with Gasteiger partial charge in [-0.25, -0.2) is 0 Å². The summed E-state index contributed by atoms with van der Waals surface area (Å²) in [5.74, 6) is 0.823. The van der Waals surface area contributed by atoms with Crippen LogP contribution in [0.5, 0.6) is 0 Å². The van der Waals surface area contributed by atoms with Gasteiger partial charge < -0.3 is 5.73 Å². The molecule has 0 saturated heterocycles. The van der Waals surface area contributed by atoms with Crippen molar-refractivity contribution < 1.29 is 0 Å². The van der Waals surface area contributed by atoms with Gasteiger partial charge in [0, 0.05) is 13.2 Å². The number of H-pyrrole nitrogens is 1. The Kier molecular flexibility index (Phi) is 1.33. The predicted octanol–water partition coefficient (Wildman–Crippen LogP) is -0.213. The Labute approximate surface area is 68.4 Å². The van der Waals surface area contributed by atoms with Gasteiger partial charge in [-0.3, -0.25) is 9.78 Å². The third-order valence-electron chi connectivity index (χ3n) is 1.46. The highest BCUT2D eigenvalue weighted by molar-refractivity contribution is 5.48. The van der Waals surface area contributed by atoms with Crippen LogP contribution in [0.3, 0.4) is 0 Å². The maximum atomic E-state index is 5.33. The lowest BCUT2D eigenvalue weighted by Crippen LogP contribution is -1.89. The molecule has 12 heavy (non-hydrogen) atoms. The Hall–Kier alpha value is -1.85. The summed E-state index contributed by atoms with van der Waals surface area (Å²) >= 11 is 0. The second-order valence-corrected chi connectivity index (χ2v) is 2.42. The molecule has 0 saturated carbocycles. The summed E-state index contributed by atoms with van der Waals surface area (Å²) < 4.78 is 1.69. The smallest absolute Gasteiger partial charge is 0.239 e. The largest absolute Gasteiger partial charge is 0.366 e. The van der Waals surface area contributed by atoms with E-state index >= 15 is 0 Å². The van der Waals surface area contributed by atoms with Crippen LogP contribution >= 0.6 is 0 Å². The molecule has 0 spiro atoms. The summed E-state index contributed by atoms with van der Waals surface area (Å²) in [4.78, 5) is 3.93. The van der Waals surface area contributed by atoms with Crippen LogP contribution in [0.2, 0.25) is 0 Å². The predicted molar refractivity (Wildman–Crippen MR) is 43.0 cm³/mol. The number of hydrogen-bond donors (Lipinski definition) is 2. The molecule has 0 aliphatic rings. The molecule has 0 amide bonds. The number of nitrogens with two attached hydrogens (primary N) is 1. The molecule has 0 aromatic carbocycles. The minimum atomic E-state index is 0.232. The van der Waals surface area contributed by atoms with Gasteiger partial charge in [0.25, 0.3) is 0 Å². The lowest BCUT2D eigenvalue weighted by Gasteiger charge is -1.86. The monoisotopic (exact) mass is 164 g/mol. The molecule has 0 atom stereocenters. The molecular formula is C6H8N6. The molecule has 6 heteroatoms. The maximum Gasteiger partial charge on any atom is 0.239 e. The number of aryl methyl sites for hydroxylation is 1. The standard InChI is InChI=1S/C6H8N6/c1-12-3-2-4(11-12)5-8-6(7)10-9-5/h2-3H,1H3,(H3,7,8,9,10). The van der Waals surface area contributed by atoms with Gasteiger partial charge in [0.2, 0.25) is 5.95 Å². The van der Waals surface area contributed by atoms with Gasteiger partial charge in [-0.15, -0.1) is 5.10 Å². The number of nitrogen functional groups attached to an aromatic ring is 1. The number of anilines is 1. The number of nitrogens with one attached hydrogen (secondary N) is 1. The van der Waals surface area contributed by atoms with E-state index in [1.54, 1.807) is 4.68 Å². The van der Waals surface area contributed by atoms with Gasteiger partial charge in [0.05, 0.1) is 0 Å². The highest BCUT2D eigenvalue weighted by Crippen LogP contribution is 2.10. The van der Waals surface area contributed by atoms with Crippen LogP contribution in [0.4, 0.5) is 5.95 Å². The van der Waals surface area contributed by atoms with Crippen molar-refractivity contribution in [1.29, 1.82) is 0 Å². The fourth-order valence-corrected chi connectivity index (χ4v) is 0.931. The van der Waals surface area contributed by atoms with E-state index in [4.69, 9.17) is 5.73 Å². The molecule has 62 valence electrons. The second-order valence-electron chi connectivity index (χ2n) is 2.42. The van der Waals surface area contributed by atoms with Crippen LogP contribution in [0.25, 0.3) is 11.5 Å². The summed E-state index contributed by atoms with van der Waals surface area (Å²) in [6.45, 7) is 0. The zero-order valence-electron chi connectivity index (χ0n) is 6.52. The maximum absolute atomic E-state index is 5.33. The fourth-order valence-electron chi connectivity index (χ4n) is 0.931. The topological polar surface area (TPSA) is 85.4 Å². The molecule has 2 rings (SSSR count). The van der Waals surface area contributed by atoms with Crippen LogP contribution in [0, 0.1) is 0 Å². The van der Waals surface area contributed by atoms with Crippen LogP contribution < -0.4 is 5.73 Å². The first-order valence-electron chi connectivity index (χ1n) is 3.43. The van der Waals surface area contributed by atoms with E-state index in [1.807, 2.05) is 19.3 Å². The van der Waals surface area contributed by atoms with Crippen LogP contribution in [0.1, 0.15) is 0 Å². The molecule has 6 nitrogen and oxygen atoms in total. The minimum Gasteiger partial charge on any atom is -0.366 e. The SMILES string of the molecule is Cn1ccc(-c2nc(N)n[nH]2)n1.